The lowest BCUT2D eigenvalue weighted by Crippen LogP contribution is -1.89. The molecule has 0 amide bonds. The molecule has 3 heterocycles. The van der Waals surface area contributed by atoms with Gasteiger partial charge in [0, 0.05) is 16.0 Å². The monoisotopic (exact) mass is 319 g/mol. The van der Waals surface area contributed by atoms with Crippen molar-refractivity contribution in [3.63, 3.8) is 0 Å². The predicted octanol–water partition coefficient (Wildman–Crippen LogP) is 4.39. The Labute approximate surface area is 130 Å². The lowest BCUT2D eigenvalue weighted by atomic mass is 10.3. The van der Waals surface area contributed by atoms with Gasteiger partial charge in [0.2, 0.25) is 0 Å². The van der Waals surface area contributed by atoms with Crippen molar-refractivity contribution < 1.29 is 0 Å². The van der Waals surface area contributed by atoms with Crippen molar-refractivity contribution in [3.05, 3.63) is 46.9 Å². The van der Waals surface area contributed by atoms with Crippen molar-refractivity contribution >= 4 is 34.8 Å². The van der Waals surface area contributed by atoms with Crippen LogP contribution in [0.3, 0.4) is 0 Å². The summed E-state index contributed by atoms with van der Waals surface area (Å²) in [6, 6.07) is 8.40. The highest BCUT2D eigenvalue weighted by Crippen LogP contribution is 2.29. The molecule has 0 fully saturated rings. The van der Waals surface area contributed by atoms with E-state index in [1.807, 2.05) is 35.4 Å². The molecule has 0 aliphatic heterocycles. The van der Waals surface area contributed by atoms with Crippen molar-refractivity contribution in [1.29, 1.82) is 0 Å². The van der Waals surface area contributed by atoms with Gasteiger partial charge in [0.05, 0.1) is 17.9 Å². The van der Waals surface area contributed by atoms with Crippen LogP contribution in [-0.4, -0.2) is 19.5 Å². The number of thioether (sulfide) groups is 1. The molecule has 0 spiro atoms. The van der Waals surface area contributed by atoms with Crippen LogP contribution in [0, 0.1) is 0 Å². The van der Waals surface area contributed by atoms with Gasteiger partial charge in [-0.25, -0.2) is 0 Å². The molecule has 0 atom stereocenters. The van der Waals surface area contributed by atoms with E-state index >= 15 is 0 Å². The second-order valence-corrected chi connectivity index (χ2v) is 6.90. The van der Waals surface area contributed by atoms with Gasteiger partial charge in [-0.2, -0.15) is 8.75 Å². The van der Waals surface area contributed by atoms with Crippen LogP contribution in [-0.2, 0) is 6.42 Å². The van der Waals surface area contributed by atoms with Crippen LogP contribution in [0.5, 0.6) is 0 Å². The molecule has 0 aliphatic carbocycles. The van der Waals surface area contributed by atoms with Crippen molar-refractivity contribution in [2.24, 2.45) is 0 Å². The SMILES string of the molecule is c1csc(CCCSc2cccnc2-c2cnsn2)c1. The molecule has 0 bridgehead atoms. The summed E-state index contributed by atoms with van der Waals surface area (Å²) in [5, 5.41) is 2.14. The number of thiophene rings is 1. The number of nitrogens with zero attached hydrogens (tertiary/aromatic N) is 3. The predicted molar refractivity (Wildman–Crippen MR) is 86.5 cm³/mol. The van der Waals surface area contributed by atoms with E-state index < -0.39 is 0 Å². The lowest BCUT2D eigenvalue weighted by molar-refractivity contribution is 0.951. The van der Waals surface area contributed by atoms with Gasteiger partial charge < -0.3 is 0 Å². The fraction of sp³-hybridized carbons (Fsp3) is 0.214. The summed E-state index contributed by atoms with van der Waals surface area (Å²) in [7, 11) is 0. The normalized spacial score (nSPS) is 10.8. The van der Waals surface area contributed by atoms with E-state index in [0.717, 1.165) is 23.6 Å². The minimum atomic E-state index is 0.872. The van der Waals surface area contributed by atoms with Crippen LogP contribution in [0.4, 0.5) is 0 Å². The minimum Gasteiger partial charge on any atom is -0.253 e. The molecule has 3 aromatic rings. The van der Waals surface area contributed by atoms with Gasteiger partial charge in [-0.1, -0.05) is 6.07 Å². The highest BCUT2D eigenvalue weighted by atomic mass is 32.2. The van der Waals surface area contributed by atoms with Gasteiger partial charge in [-0.3, -0.25) is 4.98 Å². The second-order valence-electron chi connectivity index (χ2n) is 4.17. The summed E-state index contributed by atoms with van der Waals surface area (Å²) >= 11 is 4.90. The van der Waals surface area contributed by atoms with Crippen LogP contribution in [0.15, 0.2) is 46.9 Å². The van der Waals surface area contributed by atoms with Gasteiger partial charge in [0.1, 0.15) is 11.4 Å². The van der Waals surface area contributed by atoms with Crippen LogP contribution < -0.4 is 0 Å². The third-order valence-electron chi connectivity index (χ3n) is 2.78. The second kappa shape index (κ2) is 6.97. The van der Waals surface area contributed by atoms with E-state index in [9.17, 15) is 0 Å². The molecule has 0 radical (unpaired) electrons. The molecule has 0 unspecified atom stereocenters. The maximum atomic E-state index is 4.44. The third-order valence-corrected chi connectivity index (χ3v) is 5.33. The van der Waals surface area contributed by atoms with Crippen LogP contribution >= 0.6 is 34.8 Å². The minimum absolute atomic E-state index is 0.872. The first-order valence-electron chi connectivity index (χ1n) is 6.31. The first-order valence-corrected chi connectivity index (χ1v) is 8.91. The number of aryl methyl sites for hydroxylation is 1. The number of rotatable bonds is 6. The lowest BCUT2D eigenvalue weighted by Gasteiger charge is -2.05. The number of aromatic nitrogens is 3. The Hall–Kier alpha value is -1.24. The Morgan fingerprint density at radius 1 is 1.20 bits per heavy atom. The number of pyridine rings is 1. The molecule has 3 rings (SSSR count). The molecule has 3 nitrogen and oxygen atoms in total. The maximum absolute atomic E-state index is 4.44. The average Bonchev–Trinajstić information content (AvgIpc) is 3.17. The summed E-state index contributed by atoms with van der Waals surface area (Å²) in [5.41, 5.74) is 1.82. The molecule has 20 heavy (non-hydrogen) atoms. The highest BCUT2D eigenvalue weighted by molar-refractivity contribution is 7.99. The molecule has 102 valence electrons. The molecular formula is C14H13N3S3. The molecule has 3 aromatic heterocycles. The van der Waals surface area contributed by atoms with Crippen LogP contribution in [0.1, 0.15) is 11.3 Å². The smallest absolute Gasteiger partial charge is 0.124 e. The van der Waals surface area contributed by atoms with E-state index in [-0.39, 0.29) is 0 Å². The first-order chi connectivity index (χ1) is 9.93. The fourth-order valence-electron chi connectivity index (χ4n) is 1.85. The Balaban J connectivity index is 1.60. The van der Waals surface area contributed by atoms with Gasteiger partial charge in [0.15, 0.2) is 0 Å². The zero-order valence-electron chi connectivity index (χ0n) is 10.7. The van der Waals surface area contributed by atoms with Gasteiger partial charge in [-0.15, -0.1) is 23.1 Å². The van der Waals surface area contributed by atoms with Gasteiger partial charge >= 0.3 is 0 Å². The van der Waals surface area contributed by atoms with Crippen LogP contribution in [0.2, 0.25) is 0 Å². The molecule has 6 heteroatoms. The zero-order valence-corrected chi connectivity index (χ0v) is 13.2. The fourth-order valence-corrected chi connectivity index (χ4v) is 4.00. The van der Waals surface area contributed by atoms with Crippen molar-refractivity contribution in [2.75, 3.05) is 5.75 Å². The first kappa shape index (κ1) is 13.7. The third kappa shape index (κ3) is 3.45. The highest BCUT2D eigenvalue weighted by Gasteiger charge is 2.09. The van der Waals surface area contributed by atoms with E-state index in [2.05, 4.69) is 37.3 Å². The number of hydrogen-bond acceptors (Lipinski definition) is 6. The molecular weight excluding hydrogens is 306 g/mol. The maximum Gasteiger partial charge on any atom is 0.124 e. The topological polar surface area (TPSA) is 38.7 Å². The van der Waals surface area contributed by atoms with E-state index in [1.165, 1.54) is 27.9 Å². The molecule has 0 N–H and O–H groups in total. The van der Waals surface area contributed by atoms with Crippen molar-refractivity contribution in [3.8, 4) is 11.4 Å². The Morgan fingerprint density at radius 2 is 2.20 bits per heavy atom. The quantitative estimate of drug-likeness (QED) is 0.499. The van der Waals surface area contributed by atoms with Gasteiger partial charge in [-0.05, 0) is 42.2 Å². The Bertz CT molecular complexity index is 636. The standard InChI is InChI=1S/C14H13N3S3/c1-6-13(14(15-7-1)12-10-16-20-17-12)19-9-3-5-11-4-2-8-18-11/h1-2,4,6-8,10H,3,5,9H2. The van der Waals surface area contributed by atoms with Crippen molar-refractivity contribution in [2.45, 2.75) is 17.7 Å². The van der Waals surface area contributed by atoms with E-state index in [1.54, 1.807) is 6.20 Å². The van der Waals surface area contributed by atoms with Gasteiger partial charge in [0.25, 0.3) is 0 Å². The summed E-state index contributed by atoms with van der Waals surface area (Å²) in [4.78, 5) is 7.08. The largest absolute Gasteiger partial charge is 0.253 e. The summed E-state index contributed by atoms with van der Waals surface area (Å²) < 4.78 is 8.32. The Kier molecular flexibility index (Phi) is 4.78. The summed E-state index contributed by atoms with van der Waals surface area (Å²) in [6.45, 7) is 0. The summed E-state index contributed by atoms with van der Waals surface area (Å²) in [5.74, 6) is 1.09. The summed E-state index contributed by atoms with van der Waals surface area (Å²) in [6.07, 6.45) is 5.92. The average molecular weight is 319 g/mol. The molecule has 0 aromatic carbocycles. The molecule has 0 saturated carbocycles. The molecule has 0 saturated heterocycles. The van der Waals surface area contributed by atoms with Crippen LogP contribution in [0.25, 0.3) is 11.4 Å². The number of hydrogen-bond donors (Lipinski definition) is 0. The van der Waals surface area contributed by atoms with E-state index in [4.69, 9.17) is 0 Å². The Morgan fingerprint density at radius 3 is 3.00 bits per heavy atom. The molecule has 0 aliphatic rings. The van der Waals surface area contributed by atoms with E-state index in [0.29, 0.717) is 0 Å². The zero-order chi connectivity index (χ0) is 13.6. The van der Waals surface area contributed by atoms with Crippen molar-refractivity contribution in [1.82, 2.24) is 13.7 Å².